The highest BCUT2D eigenvalue weighted by Crippen LogP contribution is 2.27. The van der Waals surface area contributed by atoms with Crippen LogP contribution in [0.5, 0.6) is 11.5 Å². The number of piperazine rings is 1. The average molecular weight is 430 g/mol. The van der Waals surface area contributed by atoms with Crippen molar-refractivity contribution in [2.75, 3.05) is 65.4 Å². The van der Waals surface area contributed by atoms with Gasteiger partial charge in [0.25, 0.3) is 0 Å². The van der Waals surface area contributed by atoms with E-state index in [9.17, 15) is 5.11 Å². The van der Waals surface area contributed by atoms with E-state index in [4.69, 9.17) is 9.47 Å². The third-order valence-corrected chi connectivity index (χ3v) is 5.39. The summed E-state index contributed by atoms with van der Waals surface area (Å²) in [6.45, 7) is 9.24. The van der Waals surface area contributed by atoms with Gasteiger partial charge in [0.1, 0.15) is 30.0 Å². The molecular formula is C23H35N5O3. The fourth-order valence-corrected chi connectivity index (χ4v) is 3.79. The average Bonchev–Trinajstić information content (AvgIpc) is 2.74. The molecule has 0 spiro atoms. The molecule has 1 fully saturated rings. The van der Waals surface area contributed by atoms with Crippen molar-refractivity contribution in [1.29, 1.82) is 0 Å². The molecule has 1 atom stereocenters. The molecule has 1 unspecified atom stereocenters. The van der Waals surface area contributed by atoms with Crippen LogP contribution in [-0.4, -0.2) is 91.5 Å². The molecule has 1 N–H and O–H groups in total. The molecule has 0 aliphatic carbocycles. The number of anilines is 1. The molecule has 1 aliphatic rings. The lowest BCUT2D eigenvalue weighted by Crippen LogP contribution is -2.46. The maximum atomic E-state index is 10.2. The quantitative estimate of drug-likeness (QED) is 0.646. The van der Waals surface area contributed by atoms with E-state index in [1.807, 2.05) is 57.2 Å². The third kappa shape index (κ3) is 6.53. The fourth-order valence-electron chi connectivity index (χ4n) is 3.79. The van der Waals surface area contributed by atoms with E-state index in [-0.39, 0.29) is 6.61 Å². The summed E-state index contributed by atoms with van der Waals surface area (Å²) in [6, 6.07) is 5.85. The summed E-state index contributed by atoms with van der Waals surface area (Å²) in [4.78, 5) is 15.8. The van der Waals surface area contributed by atoms with Crippen LogP contribution in [0.2, 0.25) is 0 Å². The van der Waals surface area contributed by atoms with Crippen molar-refractivity contribution in [2.45, 2.75) is 26.5 Å². The third-order valence-electron chi connectivity index (χ3n) is 5.39. The number of aryl methyl sites for hydroxylation is 2. The Hall–Kier alpha value is -2.42. The first-order valence-electron chi connectivity index (χ1n) is 10.8. The van der Waals surface area contributed by atoms with Crippen molar-refractivity contribution in [2.24, 2.45) is 0 Å². The topological polar surface area (TPSA) is 74.2 Å². The molecule has 0 saturated carbocycles. The summed E-state index contributed by atoms with van der Waals surface area (Å²) >= 11 is 0. The first kappa shape index (κ1) is 23.2. The second-order valence-electron chi connectivity index (χ2n) is 8.38. The van der Waals surface area contributed by atoms with Crippen molar-refractivity contribution in [3.8, 4) is 11.5 Å². The summed E-state index contributed by atoms with van der Waals surface area (Å²) in [5, 5.41) is 10.2. The zero-order chi connectivity index (χ0) is 22.4. The number of aliphatic hydroxyl groups is 1. The number of methoxy groups -OCH3 is 1. The second kappa shape index (κ2) is 10.7. The van der Waals surface area contributed by atoms with Gasteiger partial charge in [0.2, 0.25) is 0 Å². The minimum atomic E-state index is -0.535. The van der Waals surface area contributed by atoms with E-state index < -0.39 is 6.10 Å². The maximum Gasteiger partial charge on any atom is 0.150 e. The molecule has 0 radical (unpaired) electrons. The number of ether oxygens (including phenoxy) is 2. The van der Waals surface area contributed by atoms with Crippen molar-refractivity contribution in [3.05, 3.63) is 41.3 Å². The Morgan fingerprint density at radius 2 is 1.90 bits per heavy atom. The number of nitrogens with zero attached hydrogens (tertiary/aromatic N) is 5. The molecule has 0 bridgehead atoms. The van der Waals surface area contributed by atoms with Crippen molar-refractivity contribution in [1.82, 2.24) is 19.8 Å². The fraction of sp³-hybridized carbons (Fsp3) is 0.565. The minimum Gasteiger partial charge on any atom is -0.497 e. The van der Waals surface area contributed by atoms with Crippen LogP contribution in [0.15, 0.2) is 24.4 Å². The standard InChI is InChI=1S/C23H35N5O3/c1-17-13-24-18(2)23(25-17)28-10-8-27(9-11-28)14-19-12-21(30-5)6-7-22(19)31-16-20(29)15-26(3)4/h6-7,12-13,20,29H,8-11,14-16H2,1-5H3. The summed E-state index contributed by atoms with van der Waals surface area (Å²) in [7, 11) is 5.54. The molecule has 8 nitrogen and oxygen atoms in total. The van der Waals surface area contributed by atoms with Gasteiger partial charge in [-0.25, -0.2) is 4.98 Å². The van der Waals surface area contributed by atoms with Crippen LogP contribution < -0.4 is 14.4 Å². The van der Waals surface area contributed by atoms with E-state index in [0.717, 1.165) is 67.0 Å². The molecule has 31 heavy (non-hydrogen) atoms. The Bertz CT molecular complexity index is 853. The number of hydrogen-bond acceptors (Lipinski definition) is 8. The Morgan fingerprint density at radius 3 is 2.58 bits per heavy atom. The van der Waals surface area contributed by atoms with Gasteiger partial charge in [-0.3, -0.25) is 9.88 Å². The van der Waals surface area contributed by atoms with E-state index >= 15 is 0 Å². The summed E-state index contributed by atoms with van der Waals surface area (Å²) in [5.41, 5.74) is 2.98. The van der Waals surface area contributed by atoms with Gasteiger partial charge >= 0.3 is 0 Å². The zero-order valence-corrected chi connectivity index (χ0v) is 19.3. The number of likely N-dealkylation sites (N-methyl/N-ethyl adjacent to an activating group) is 1. The highest BCUT2D eigenvalue weighted by atomic mass is 16.5. The van der Waals surface area contributed by atoms with Crippen LogP contribution >= 0.6 is 0 Å². The minimum absolute atomic E-state index is 0.261. The highest BCUT2D eigenvalue weighted by Gasteiger charge is 2.21. The Labute approximate surface area is 185 Å². The number of aliphatic hydroxyl groups excluding tert-OH is 1. The lowest BCUT2D eigenvalue weighted by molar-refractivity contribution is 0.0822. The molecule has 170 valence electrons. The van der Waals surface area contributed by atoms with Crippen LogP contribution in [0.1, 0.15) is 17.0 Å². The Morgan fingerprint density at radius 1 is 1.16 bits per heavy atom. The first-order valence-corrected chi connectivity index (χ1v) is 10.8. The number of aromatic nitrogens is 2. The van der Waals surface area contributed by atoms with Crippen molar-refractivity contribution < 1.29 is 14.6 Å². The Kier molecular flexibility index (Phi) is 8.06. The van der Waals surface area contributed by atoms with Crippen molar-refractivity contribution in [3.63, 3.8) is 0 Å². The maximum absolute atomic E-state index is 10.2. The summed E-state index contributed by atoms with van der Waals surface area (Å²) < 4.78 is 11.4. The molecule has 1 aliphatic heterocycles. The van der Waals surface area contributed by atoms with Gasteiger partial charge < -0.3 is 24.4 Å². The van der Waals surface area contributed by atoms with Gasteiger partial charge in [-0.15, -0.1) is 0 Å². The molecular weight excluding hydrogens is 394 g/mol. The van der Waals surface area contributed by atoms with Gasteiger partial charge in [0.05, 0.1) is 18.5 Å². The molecule has 1 saturated heterocycles. The van der Waals surface area contributed by atoms with Gasteiger partial charge in [-0.1, -0.05) is 0 Å². The van der Waals surface area contributed by atoms with Crippen LogP contribution in [0.25, 0.3) is 0 Å². The lowest BCUT2D eigenvalue weighted by atomic mass is 10.1. The smallest absolute Gasteiger partial charge is 0.150 e. The second-order valence-corrected chi connectivity index (χ2v) is 8.38. The van der Waals surface area contributed by atoms with Gasteiger partial charge in [0.15, 0.2) is 0 Å². The molecule has 2 aromatic rings. The van der Waals surface area contributed by atoms with Crippen LogP contribution in [0.4, 0.5) is 5.82 Å². The van der Waals surface area contributed by atoms with Crippen LogP contribution in [0, 0.1) is 13.8 Å². The molecule has 8 heteroatoms. The molecule has 3 rings (SSSR count). The normalized spacial score (nSPS) is 15.9. The van der Waals surface area contributed by atoms with E-state index in [2.05, 4.69) is 19.8 Å². The summed E-state index contributed by atoms with van der Waals surface area (Å²) in [6.07, 6.45) is 1.28. The molecule has 1 aromatic heterocycles. The first-order chi connectivity index (χ1) is 14.9. The molecule has 2 heterocycles. The predicted molar refractivity (Wildman–Crippen MR) is 122 cm³/mol. The van der Waals surface area contributed by atoms with E-state index in [1.54, 1.807) is 7.11 Å². The van der Waals surface area contributed by atoms with E-state index in [0.29, 0.717) is 6.54 Å². The predicted octanol–water partition coefficient (Wildman–Crippen LogP) is 1.73. The van der Waals surface area contributed by atoms with E-state index in [1.165, 1.54) is 0 Å². The highest BCUT2D eigenvalue weighted by molar-refractivity contribution is 5.44. The SMILES string of the molecule is COc1ccc(OCC(O)CN(C)C)c(CN2CCN(c3nc(C)cnc3C)CC2)c1. The lowest BCUT2D eigenvalue weighted by Gasteiger charge is -2.36. The summed E-state index contributed by atoms with van der Waals surface area (Å²) in [5.74, 6) is 2.59. The monoisotopic (exact) mass is 429 g/mol. The number of rotatable bonds is 9. The van der Waals surface area contributed by atoms with Gasteiger partial charge in [0, 0.05) is 51.0 Å². The molecule has 1 aromatic carbocycles. The molecule has 0 amide bonds. The van der Waals surface area contributed by atoms with Crippen molar-refractivity contribution >= 4 is 5.82 Å². The number of hydrogen-bond donors (Lipinski definition) is 1. The largest absolute Gasteiger partial charge is 0.497 e. The van der Waals surface area contributed by atoms with Crippen LogP contribution in [-0.2, 0) is 6.54 Å². The number of benzene rings is 1. The van der Waals surface area contributed by atoms with Gasteiger partial charge in [-0.2, -0.15) is 0 Å². The van der Waals surface area contributed by atoms with Gasteiger partial charge in [-0.05, 0) is 46.1 Å². The Balaban J connectivity index is 1.63. The zero-order valence-electron chi connectivity index (χ0n) is 19.3. The van der Waals surface area contributed by atoms with Crippen LogP contribution in [0.3, 0.4) is 0 Å².